The standard InChI is InChI=1S/3C4H9O.C3H9OSi.Ti/c3*1-4(2,3)5;1-5(2,3)4;/h4*1-3H3;/q4*-1;+4. The minimum atomic E-state index is -3.90. The van der Waals surface area contributed by atoms with Crippen molar-refractivity contribution in [1.29, 1.82) is 0 Å². The van der Waals surface area contributed by atoms with Crippen LogP contribution in [0.15, 0.2) is 0 Å². The molecular weight excluding hydrogens is 320 g/mol. The molecular formula is C15H36O4SiTi. The molecule has 0 atom stereocenters. The van der Waals surface area contributed by atoms with Gasteiger partial charge < -0.3 is 0 Å². The Labute approximate surface area is 138 Å². The van der Waals surface area contributed by atoms with E-state index in [1.807, 2.05) is 62.3 Å². The SMILES string of the molecule is CC(C)(C)[O][Ti]([O]C(C)(C)C)([O]C(C)(C)C)[O][Si](C)(C)C. The summed E-state index contributed by atoms with van der Waals surface area (Å²) in [5.41, 5.74) is -1.14. The molecule has 0 radical (unpaired) electrons. The van der Waals surface area contributed by atoms with Crippen molar-refractivity contribution in [3.05, 3.63) is 0 Å². The first kappa shape index (κ1) is 21.8. The van der Waals surface area contributed by atoms with Crippen molar-refractivity contribution in [2.45, 2.75) is 98.8 Å². The molecule has 0 unspecified atom stereocenters. The second-order valence-corrected chi connectivity index (χ2v) is 17.3. The Bertz CT molecular complexity index is 262. The van der Waals surface area contributed by atoms with Crippen LogP contribution in [0, 0.1) is 0 Å². The molecule has 0 saturated heterocycles. The third kappa shape index (κ3) is 11.9. The van der Waals surface area contributed by atoms with E-state index in [0.717, 1.165) is 0 Å². The van der Waals surface area contributed by atoms with Gasteiger partial charge in [0.1, 0.15) is 0 Å². The predicted molar refractivity (Wildman–Crippen MR) is 86.9 cm³/mol. The number of rotatable bonds is 5. The van der Waals surface area contributed by atoms with Gasteiger partial charge >= 0.3 is 138 Å². The Hall–Kier alpha value is 0.771. The molecule has 0 aliphatic rings. The van der Waals surface area contributed by atoms with Crippen LogP contribution in [0.4, 0.5) is 0 Å². The van der Waals surface area contributed by atoms with E-state index in [2.05, 4.69) is 19.6 Å². The summed E-state index contributed by atoms with van der Waals surface area (Å²) in [4.78, 5) is 0. The van der Waals surface area contributed by atoms with Gasteiger partial charge in [-0.1, -0.05) is 0 Å². The zero-order valence-corrected chi connectivity index (χ0v) is 18.7. The van der Waals surface area contributed by atoms with Crippen LogP contribution in [0.1, 0.15) is 62.3 Å². The van der Waals surface area contributed by atoms with Crippen molar-refractivity contribution in [1.82, 2.24) is 0 Å². The molecule has 0 aromatic carbocycles. The fourth-order valence-corrected chi connectivity index (χ4v) is 10.3. The maximum absolute atomic E-state index is 6.41. The first-order valence-electron chi connectivity index (χ1n) is 7.63. The van der Waals surface area contributed by atoms with Crippen LogP contribution in [0.3, 0.4) is 0 Å². The van der Waals surface area contributed by atoms with Gasteiger partial charge in [0.05, 0.1) is 0 Å². The molecule has 0 amide bonds. The summed E-state index contributed by atoms with van der Waals surface area (Å²) >= 11 is -3.90. The van der Waals surface area contributed by atoms with E-state index >= 15 is 0 Å². The van der Waals surface area contributed by atoms with Gasteiger partial charge in [-0.25, -0.2) is 0 Å². The van der Waals surface area contributed by atoms with Crippen LogP contribution in [-0.2, 0) is 31.1 Å². The van der Waals surface area contributed by atoms with E-state index in [0.29, 0.717) is 0 Å². The quantitative estimate of drug-likeness (QED) is 0.643. The Morgan fingerprint density at radius 3 is 0.952 bits per heavy atom. The molecule has 4 nitrogen and oxygen atoms in total. The molecule has 0 saturated carbocycles. The van der Waals surface area contributed by atoms with Gasteiger partial charge in [-0.2, -0.15) is 0 Å². The van der Waals surface area contributed by atoms with Gasteiger partial charge in [0.25, 0.3) is 0 Å². The zero-order chi connectivity index (χ0) is 17.3. The zero-order valence-electron chi connectivity index (χ0n) is 16.1. The van der Waals surface area contributed by atoms with E-state index in [1.54, 1.807) is 0 Å². The summed E-state index contributed by atoms with van der Waals surface area (Å²) in [6.45, 7) is 24.5. The van der Waals surface area contributed by atoms with Crippen LogP contribution in [0.25, 0.3) is 0 Å². The second-order valence-electron chi connectivity index (χ2n) is 9.36. The van der Waals surface area contributed by atoms with Gasteiger partial charge in [0, 0.05) is 0 Å². The van der Waals surface area contributed by atoms with E-state index in [9.17, 15) is 0 Å². The van der Waals surface area contributed by atoms with E-state index in [1.165, 1.54) is 0 Å². The molecule has 6 heteroatoms. The van der Waals surface area contributed by atoms with Crippen molar-refractivity contribution in [3.63, 3.8) is 0 Å². The van der Waals surface area contributed by atoms with E-state index in [-0.39, 0.29) is 16.8 Å². The molecule has 0 aromatic heterocycles. The molecule has 0 aromatic rings. The monoisotopic (exact) mass is 356 g/mol. The van der Waals surface area contributed by atoms with Crippen LogP contribution in [0.5, 0.6) is 0 Å². The Morgan fingerprint density at radius 2 is 0.810 bits per heavy atom. The van der Waals surface area contributed by atoms with E-state index < -0.39 is 26.5 Å². The first-order valence-corrected chi connectivity index (χ1v) is 13.6. The summed E-state index contributed by atoms with van der Waals surface area (Å²) in [5, 5.41) is 0. The summed E-state index contributed by atoms with van der Waals surface area (Å²) in [5.74, 6) is 0. The van der Waals surface area contributed by atoms with Gasteiger partial charge in [-0.15, -0.1) is 0 Å². The summed E-state index contributed by atoms with van der Waals surface area (Å²) < 4.78 is 25.3. The summed E-state index contributed by atoms with van der Waals surface area (Å²) in [7, 11) is -1.88. The van der Waals surface area contributed by atoms with Crippen molar-refractivity contribution in [3.8, 4) is 0 Å². The Morgan fingerprint density at radius 1 is 0.571 bits per heavy atom. The third-order valence-electron chi connectivity index (χ3n) is 1.72. The molecule has 128 valence electrons. The molecule has 21 heavy (non-hydrogen) atoms. The van der Waals surface area contributed by atoms with Crippen molar-refractivity contribution >= 4 is 8.32 Å². The fourth-order valence-electron chi connectivity index (χ4n) is 1.63. The normalized spacial score (nSPS) is 15.4. The number of hydrogen-bond donors (Lipinski definition) is 0. The first-order chi connectivity index (χ1) is 8.83. The predicted octanol–water partition coefficient (Wildman–Crippen LogP) is 5.10. The van der Waals surface area contributed by atoms with Crippen LogP contribution in [0.2, 0.25) is 19.6 Å². The maximum atomic E-state index is 6.41. The molecule has 0 aliphatic heterocycles. The minimum absolute atomic E-state index is 0.379. The second kappa shape index (κ2) is 6.72. The van der Waals surface area contributed by atoms with Gasteiger partial charge in [-0.05, 0) is 0 Å². The molecule has 0 spiro atoms. The van der Waals surface area contributed by atoms with E-state index in [4.69, 9.17) is 13.0 Å². The van der Waals surface area contributed by atoms with Crippen LogP contribution < -0.4 is 0 Å². The van der Waals surface area contributed by atoms with Crippen LogP contribution >= 0.6 is 0 Å². The molecule has 0 aliphatic carbocycles. The van der Waals surface area contributed by atoms with Gasteiger partial charge in [0.2, 0.25) is 0 Å². The molecule has 0 bridgehead atoms. The van der Waals surface area contributed by atoms with Crippen molar-refractivity contribution < 1.29 is 31.1 Å². The fraction of sp³-hybridized carbons (Fsp3) is 1.00. The topological polar surface area (TPSA) is 36.9 Å². The Balaban J connectivity index is 5.70. The number of hydrogen-bond acceptors (Lipinski definition) is 4. The van der Waals surface area contributed by atoms with Crippen molar-refractivity contribution in [2.24, 2.45) is 0 Å². The molecule has 0 fully saturated rings. The third-order valence-corrected chi connectivity index (χ3v) is 10.7. The van der Waals surface area contributed by atoms with Gasteiger partial charge in [0.15, 0.2) is 0 Å². The average Bonchev–Trinajstić information content (AvgIpc) is 1.83. The summed E-state index contributed by atoms with van der Waals surface area (Å²) in [6.07, 6.45) is 0. The molecule has 0 rings (SSSR count). The van der Waals surface area contributed by atoms with Crippen LogP contribution in [-0.4, -0.2) is 25.1 Å². The van der Waals surface area contributed by atoms with Gasteiger partial charge in [-0.3, -0.25) is 0 Å². The summed E-state index contributed by atoms with van der Waals surface area (Å²) in [6, 6.07) is 0. The van der Waals surface area contributed by atoms with Crippen molar-refractivity contribution in [2.75, 3.05) is 0 Å². The molecule has 0 heterocycles. The Kier molecular flexibility index (Phi) is 6.96. The molecule has 0 N–H and O–H groups in total. The average molecular weight is 356 g/mol.